The van der Waals surface area contributed by atoms with Crippen molar-refractivity contribution in [1.82, 2.24) is 0 Å². The first-order chi connectivity index (χ1) is 7.17. The molecule has 0 aliphatic rings. The highest BCUT2D eigenvalue weighted by molar-refractivity contribution is 9.10. The summed E-state index contributed by atoms with van der Waals surface area (Å²) in [5, 5.41) is 3.11. The van der Waals surface area contributed by atoms with Crippen molar-refractivity contribution in [2.45, 2.75) is 19.4 Å². The Kier molecular flexibility index (Phi) is 5.05. The van der Waals surface area contributed by atoms with Gasteiger partial charge in [0.05, 0.1) is 12.3 Å². The van der Waals surface area contributed by atoms with Gasteiger partial charge in [-0.2, -0.15) is 0 Å². The van der Waals surface area contributed by atoms with Crippen LogP contribution in [0.4, 0.5) is 10.1 Å². The predicted molar refractivity (Wildman–Crippen MR) is 63.7 cm³/mol. The fourth-order valence-corrected chi connectivity index (χ4v) is 1.65. The number of benzene rings is 1. The molecule has 1 atom stereocenters. The van der Waals surface area contributed by atoms with E-state index in [2.05, 4.69) is 21.2 Å². The Labute approximate surface area is 98.0 Å². The van der Waals surface area contributed by atoms with E-state index in [1.165, 1.54) is 6.07 Å². The molecule has 4 heteroatoms. The summed E-state index contributed by atoms with van der Waals surface area (Å²) in [7, 11) is 1.64. The highest BCUT2D eigenvalue weighted by Gasteiger charge is 2.09. The lowest BCUT2D eigenvalue weighted by Gasteiger charge is -2.17. The Morgan fingerprint density at radius 1 is 1.53 bits per heavy atom. The normalized spacial score (nSPS) is 12.5. The van der Waals surface area contributed by atoms with Crippen LogP contribution in [0.25, 0.3) is 0 Å². The summed E-state index contributed by atoms with van der Waals surface area (Å²) >= 11 is 3.31. The molecule has 1 rings (SSSR count). The van der Waals surface area contributed by atoms with Crippen LogP contribution in [0.5, 0.6) is 0 Å². The third-order valence-corrected chi connectivity index (χ3v) is 2.64. The second kappa shape index (κ2) is 6.08. The molecule has 1 unspecified atom stereocenters. The lowest BCUT2D eigenvalue weighted by molar-refractivity contribution is 0.184. The van der Waals surface area contributed by atoms with Crippen LogP contribution < -0.4 is 5.32 Å². The second-order valence-corrected chi connectivity index (χ2v) is 4.24. The van der Waals surface area contributed by atoms with Gasteiger partial charge in [-0.15, -0.1) is 0 Å². The fourth-order valence-electron chi connectivity index (χ4n) is 1.29. The zero-order valence-electron chi connectivity index (χ0n) is 8.89. The molecule has 15 heavy (non-hydrogen) atoms. The van der Waals surface area contributed by atoms with Crippen LogP contribution in [-0.4, -0.2) is 19.8 Å². The van der Waals surface area contributed by atoms with Crippen LogP contribution in [-0.2, 0) is 4.74 Å². The Hall–Kier alpha value is -0.610. The van der Waals surface area contributed by atoms with Gasteiger partial charge in [-0.05, 0) is 24.6 Å². The number of rotatable bonds is 5. The van der Waals surface area contributed by atoms with Crippen molar-refractivity contribution in [2.24, 2.45) is 0 Å². The first kappa shape index (κ1) is 12.5. The van der Waals surface area contributed by atoms with Crippen molar-refractivity contribution < 1.29 is 9.13 Å². The lowest BCUT2D eigenvalue weighted by atomic mass is 10.2. The minimum atomic E-state index is -0.243. The number of ether oxygens (including phenoxy) is 1. The van der Waals surface area contributed by atoms with Gasteiger partial charge in [-0.3, -0.25) is 0 Å². The first-order valence-corrected chi connectivity index (χ1v) is 5.67. The van der Waals surface area contributed by atoms with Crippen LogP contribution in [0.3, 0.4) is 0 Å². The minimum Gasteiger partial charge on any atom is -0.383 e. The van der Waals surface area contributed by atoms with Gasteiger partial charge >= 0.3 is 0 Å². The molecule has 2 nitrogen and oxygen atoms in total. The Balaban J connectivity index is 2.73. The molecule has 0 aliphatic heterocycles. The fraction of sp³-hybridized carbons (Fsp3) is 0.455. The molecule has 0 radical (unpaired) electrons. The zero-order chi connectivity index (χ0) is 11.3. The van der Waals surface area contributed by atoms with Crippen LogP contribution in [0.1, 0.15) is 13.3 Å². The number of nitrogens with one attached hydrogen (secondary N) is 1. The van der Waals surface area contributed by atoms with Crippen molar-refractivity contribution in [3.63, 3.8) is 0 Å². The molecule has 0 aliphatic carbocycles. The quantitative estimate of drug-likeness (QED) is 0.889. The molecule has 1 aromatic carbocycles. The highest BCUT2D eigenvalue weighted by Crippen LogP contribution is 2.21. The average molecular weight is 276 g/mol. The summed E-state index contributed by atoms with van der Waals surface area (Å²) in [4.78, 5) is 0. The number of hydrogen-bond donors (Lipinski definition) is 1. The van der Waals surface area contributed by atoms with Gasteiger partial charge in [0.15, 0.2) is 0 Å². The monoisotopic (exact) mass is 275 g/mol. The molecule has 0 saturated carbocycles. The number of hydrogen-bond acceptors (Lipinski definition) is 2. The smallest absolute Gasteiger partial charge is 0.146 e. The molecule has 84 valence electrons. The molecule has 1 N–H and O–H groups in total. The number of halogens is 2. The second-order valence-electron chi connectivity index (χ2n) is 3.33. The average Bonchev–Trinajstić information content (AvgIpc) is 2.22. The molecule has 0 fully saturated rings. The van der Waals surface area contributed by atoms with Gasteiger partial charge in [-0.1, -0.05) is 22.9 Å². The van der Waals surface area contributed by atoms with E-state index in [9.17, 15) is 4.39 Å². The van der Waals surface area contributed by atoms with Crippen LogP contribution in [0.2, 0.25) is 0 Å². The summed E-state index contributed by atoms with van der Waals surface area (Å²) < 4.78 is 19.3. The highest BCUT2D eigenvalue weighted by atomic mass is 79.9. The molecule has 0 amide bonds. The van der Waals surface area contributed by atoms with Gasteiger partial charge in [0.1, 0.15) is 5.82 Å². The third-order valence-electron chi connectivity index (χ3n) is 2.15. The Morgan fingerprint density at radius 2 is 2.27 bits per heavy atom. The number of methoxy groups -OCH3 is 1. The largest absolute Gasteiger partial charge is 0.383 e. The molecular formula is C11H15BrFNO. The molecule has 0 saturated heterocycles. The SMILES string of the molecule is CCC(COC)Nc1cc(Br)ccc1F. The lowest BCUT2D eigenvalue weighted by Crippen LogP contribution is -2.24. The molecular weight excluding hydrogens is 261 g/mol. The van der Waals surface area contributed by atoms with E-state index in [1.54, 1.807) is 19.2 Å². The minimum absolute atomic E-state index is 0.138. The molecule has 0 aromatic heterocycles. The summed E-state index contributed by atoms with van der Waals surface area (Å²) in [6.07, 6.45) is 0.889. The summed E-state index contributed by atoms with van der Waals surface area (Å²) in [6.45, 7) is 2.61. The van der Waals surface area contributed by atoms with Gasteiger partial charge in [0.2, 0.25) is 0 Å². The predicted octanol–water partition coefficient (Wildman–Crippen LogP) is 3.43. The van der Waals surface area contributed by atoms with E-state index >= 15 is 0 Å². The van der Waals surface area contributed by atoms with E-state index in [0.29, 0.717) is 12.3 Å². The van der Waals surface area contributed by atoms with Crippen molar-refractivity contribution >= 4 is 21.6 Å². The maximum Gasteiger partial charge on any atom is 0.146 e. The molecule has 0 heterocycles. The molecule has 0 spiro atoms. The van der Waals surface area contributed by atoms with Gasteiger partial charge in [0, 0.05) is 17.6 Å². The summed E-state index contributed by atoms with van der Waals surface area (Å²) in [5.74, 6) is -0.243. The van der Waals surface area contributed by atoms with E-state index in [4.69, 9.17) is 4.74 Å². The maximum atomic E-state index is 13.4. The van der Waals surface area contributed by atoms with E-state index < -0.39 is 0 Å². The third kappa shape index (κ3) is 3.80. The molecule has 1 aromatic rings. The first-order valence-electron chi connectivity index (χ1n) is 4.88. The van der Waals surface area contributed by atoms with Crippen molar-refractivity contribution in [2.75, 3.05) is 19.0 Å². The van der Waals surface area contributed by atoms with Gasteiger partial charge in [-0.25, -0.2) is 4.39 Å². The van der Waals surface area contributed by atoms with Gasteiger partial charge < -0.3 is 10.1 Å². The van der Waals surface area contributed by atoms with Gasteiger partial charge in [0.25, 0.3) is 0 Å². The summed E-state index contributed by atoms with van der Waals surface area (Å²) in [5.41, 5.74) is 0.508. The van der Waals surface area contributed by atoms with E-state index in [-0.39, 0.29) is 11.9 Å². The molecule has 0 bridgehead atoms. The topological polar surface area (TPSA) is 21.3 Å². The van der Waals surface area contributed by atoms with Crippen molar-refractivity contribution in [3.05, 3.63) is 28.5 Å². The van der Waals surface area contributed by atoms with Crippen molar-refractivity contribution in [1.29, 1.82) is 0 Å². The van der Waals surface area contributed by atoms with Crippen LogP contribution in [0, 0.1) is 5.82 Å². The Morgan fingerprint density at radius 3 is 2.87 bits per heavy atom. The maximum absolute atomic E-state index is 13.4. The standard InChI is InChI=1S/C11H15BrFNO/c1-3-9(7-15-2)14-11-6-8(12)4-5-10(11)13/h4-6,9,14H,3,7H2,1-2H3. The van der Waals surface area contributed by atoms with E-state index in [0.717, 1.165) is 10.9 Å². The zero-order valence-corrected chi connectivity index (χ0v) is 10.5. The van der Waals surface area contributed by atoms with Crippen LogP contribution in [0.15, 0.2) is 22.7 Å². The number of anilines is 1. The van der Waals surface area contributed by atoms with Crippen molar-refractivity contribution in [3.8, 4) is 0 Å². The van der Waals surface area contributed by atoms with E-state index in [1.807, 2.05) is 6.92 Å². The Bertz CT molecular complexity index is 319. The van der Waals surface area contributed by atoms with Crippen LogP contribution >= 0.6 is 15.9 Å². The summed E-state index contributed by atoms with van der Waals surface area (Å²) in [6, 6.07) is 4.98.